The second-order valence-electron chi connectivity index (χ2n) is 4.76. The molecule has 1 aromatic heterocycles. The number of rotatable bonds is 7. The Balaban J connectivity index is 2.31. The summed E-state index contributed by atoms with van der Waals surface area (Å²) in [5, 5.41) is 2.69. The predicted molar refractivity (Wildman–Crippen MR) is 69.2 cm³/mol. The van der Waals surface area contributed by atoms with Crippen molar-refractivity contribution in [3.05, 3.63) is 16.1 Å². The lowest BCUT2D eigenvalue weighted by Crippen LogP contribution is -2.28. The van der Waals surface area contributed by atoms with Gasteiger partial charge in [0.15, 0.2) is 0 Å². The number of nitrogens with two attached hydrogens (primary N) is 1. The molecule has 0 saturated carbocycles. The molecule has 0 radical (unpaired) electrons. The first-order valence-corrected chi connectivity index (χ1v) is 6.99. The molecule has 3 nitrogen and oxygen atoms in total. The predicted octanol–water partition coefficient (Wildman–Crippen LogP) is 2.79. The first-order chi connectivity index (χ1) is 8.78. The van der Waals surface area contributed by atoms with Gasteiger partial charge in [0, 0.05) is 24.3 Å². The summed E-state index contributed by atoms with van der Waals surface area (Å²) in [6, 6.07) is 0.0522. The van der Waals surface area contributed by atoms with Crippen LogP contribution in [0.3, 0.4) is 0 Å². The van der Waals surface area contributed by atoms with Gasteiger partial charge in [-0.2, -0.15) is 13.2 Å². The minimum absolute atomic E-state index is 0.0305. The highest BCUT2D eigenvalue weighted by Crippen LogP contribution is 2.16. The van der Waals surface area contributed by atoms with E-state index in [4.69, 9.17) is 5.73 Å². The molecule has 1 aromatic rings. The standard InChI is InChI=1S/C12H19F3N2OS/c1-8(2)10(16)5-9-6-19-11(17-9)3-4-18-7-12(13,14)15/h6,8,10H,3-5,7,16H2,1-2H3. The molecule has 0 spiro atoms. The van der Waals surface area contributed by atoms with Crippen molar-refractivity contribution < 1.29 is 17.9 Å². The van der Waals surface area contributed by atoms with E-state index in [-0.39, 0.29) is 12.6 Å². The number of halogens is 3. The minimum Gasteiger partial charge on any atom is -0.372 e. The maximum Gasteiger partial charge on any atom is 0.411 e. The van der Waals surface area contributed by atoms with Crippen molar-refractivity contribution in [1.82, 2.24) is 4.98 Å². The molecule has 0 aliphatic carbocycles. The van der Waals surface area contributed by atoms with Crippen LogP contribution in [0.15, 0.2) is 5.38 Å². The molecule has 0 aliphatic heterocycles. The Hall–Kier alpha value is -0.660. The van der Waals surface area contributed by atoms with Crippen LogP contribution in [0.1, 0.15) is 24.5 Å². The van der Waals surface area contributed by atoms with E-state index in [0.717, 1.165) is 10.7 Å². The summed E-state index contributed by atoms with van der Waals surface area (Å²) in [6.07, 6.45) is -3.17. The summed E-state index contributed by atoms with van der Waals surface area (Å²) in [5.74, 6) is 0.375. The number of ether oxygens (including phenoxy) is 1. The summed E-state index contributed by atoms with van der Waals surface area (Å²) in [5.41, 5.74) is 6.84. The molecule has 0 bridgehead atoms. The van der Waals surface area contributed by atoms with Crippen LogP contribution in [-0.4, -0.2) is 30.4 Å². The lowest BCUT2D eigenvalue weighted by Gasteiger charge is -2.13. The molecule has 0 aromatic carbocycles. The van der Waals surface area contributed by atoms with Crippen LogP contribution in [0.25, 0.3) is 0 Å². The van der Waals surface area contributed by atoms with Crippen molar-refractivity contribution in [2.24, 2.45) is 11.7 Å². The lowest BCUT2D eigenvalue weighted by atomic mass is 10.0. The van der Waals surface area contributed by atoms with Crippen LogP contribution in [0.2, 0.25) is 0 Å². The van der Waals surface area contributed by atoms with Crippen molar-refractivity contribution in [2.75, 3.05) is 13.2 Å². The van der Waals surface area contributed by atoms with Gasteiger partial charge in [-0.05, 0) is 5.92 Å². The number of thiazole rings is 1. The molecule has 1 heterocycles. The first kappa shape index (κ1) is 16.4. The van der Waals surface area contributed by atoms with Gasteiger partial charge >= 0.3 is 6.18 Å². The van der Waals surface area contributed by atoms with Crippen LogP contribution >= 0.6 is 11.3 Å². The van der Waals surface area contributed by atoms with E-state index >= 15 is 0 Å². The van der Waals surface area contributed by atoms with E-state index in [2.05, 4.69) is 9.72 Å². The fourth-order valence-electron chi connectivity index (χ4n) is 1.38. The molecule has 19 heavy (non-hydrogen) atoms. The lowest BCUT2D eigenvalue weighted by molar-refractivity contribution is -0.173. The Labute approximate surface area is 115 Å². The topological polar surface area (TPSA) is 48.1 Å². The average Bonchev–Trinajstić information content (AvgIpc) is 2.71. The Morgan fingerprint density at radius 2 is 2.11 bits per heavy atom. The van der Waals surface area contributed by atoms with Crippen molar-refractivity contribution in [2.45, 2.75) is 38.9 Å². The number of alkyl halides is 3. The summed E-state index contributed by atoms with van der Waals surface area (Å²) in [4.78, 5) is 4.34. The zero-order valence-electron chi connectivity index (χ0n) is 11.0. The van der Waals surface area contributed by atoms with Crippen LogP contribution in [0.5, 0.6) is 0 Å². The van der Waals surface area contributed by atoms with Crippen molar-refractivity contribution >= 4 is 11.3 Å². The molecule has 0 fully saturated rings. The van der Waals surface area contributed by atoms with E-state index < -0.39 is 12.8 Å². The maximum atomic E-state index is 11.9. The quantitative estimate of drug-likeness (QED) is 0.787. The fraction of sp³-hybridized carbons (Fsp3) is 0.750. The molecule has 1 rings (SSSR count). The molecule has 2 N–H and O–H groups in total. The Bertz CT molecular complexity index is 379. The molecule has 1 unspecified atom stereocenters. The third-order valence-electron chi connectivity index (χ3n) is 2.63. The molecule has 110 valence electrons. The number of hydrogen-bond acceptors (Lipinski definition) is 4. The van der Waals surface area contributed by atoms with E-state index in [9.17, 15) is 13.2 Å². The molecule has 1 atom stereocenters. The third kappa shape index (κ3) is 6.89. The van der Waals surface area contributed by atoms with Gasteiger partial charge in [0.25, 0.3) is 0 Å². The van der Waals surface area contributed by atoms with E-state index in [0.29, 0.717) is 18.8 Å². The van der Waals surface area contributed by atoms with Gasteiger partial charge in [-0.1, -0.05) is 13.8 Å². The molecule has 0 aliphatic rings. The largest absolute Gasteiger partial charge is 0.411 e. The molecule has 7 heteroatoms. The van der Waals surface area contributed by atoms with Crippen molar-refractivity contribution in [3.8, 4) is 0 Å². The van der Waals surface area contributed by atoms with Gasteiger partial charge in [-0.15, -0.1) is 11.3 Å². The second kappa shape index (κ2) is 7.21. The summed E-state index contributed by atoms with van der Waals surface area (Å²) >= 11 is 1.43. The zero-order chi connectivity index (χ0) is 14.5. The van der Waals surface area contributed by atoms with Gasteiger partial charge in [0.05, 0.1) is 17.3 Å². The molecule has 0 saturated heterocycles. The third-order valence-corrected chi connectivity index (χ3v) is 3.58. The van der Waals surface area contributed by atoms with Crippen LogP contribution < -0.4 is 5.73 Å². The number of hydrogen-bond donors (Lipinski definition) is 1. The monoisotopic (exact) mass is 296 g/mol. The molecular weight excluding hydrogens is 277 g/mol. The Morgan fingerprint density at radius 1 is 1.42 bits per heavy atom. The highest BCUT2D eigenvalue weighted by molar-refractivity contribution is 7.09. The van der Waals surface area contributed by atoms with Crippen molar-refractivity contribution in [1.29, 1.82) is 0 Å². The SMILES string of the molecule is CC(C)C(N)Cc1csc(CCOCC(F)(F)F)n1. The van der Waals surface area contributed by atoms with Gasteiger partial charge in [-0.3, -0.25) is 0 Å². The Kier molecular flexibility index (Phi) is 6.22. The van der Waals surface area contributed by atoms with Crippen LogP contribution in [0.4, 0.5) is 13.2 Å². The van der Waals surface area contributed by atoms with E-state index in [1.165, 1.54) is 11.3 Å². The fourth-order valence-corrected chi connectivity index (χ4v) is 2.17. The van der Waals surface area contributed by atoms with E-state index in [1.807, 2.05) is 19.2 Å². The first-order valence-electron chi connectivity index (χ1n) is 6.11. The normalized spacial score (nSPS) is 14.1. The van der Waals surface area contributed by atoms with Gasteiger partial charge in [-0.25, -0.2) is 4.98 Å². The Morgan fingerprint density at radius 3 is 2.68 bits per heavy atom. The maximum absolute atomic E-state index is 11.9. The summed E-state index contributed by atoms with van der Waals surface area (Å²) in [6.45, 7) is 2.91. The number of aromatic nitrogens is 1. The summed E-state index contributed by atoms with van der Waals surface area (Å²) in [7, 11) is 0. The van der Waals surface area contributed by atoms with Crippen LogP contribution in [0, 0.1) is 5.92 Å². The van der Waals surface area contributed by atoms with E-state index in [1.54, 1.807) is 0 Å². The summed E-state index contributed by atoms with van der Waals surface area (Å²) < 4.78 is 40.1. The minimum atomic E-state index is -4.27. The molecular formula is C12H19F3N2OS. The smallest absolute Gasteiger partial charge is 0.372 e. The highest BCUT2D eigenvalue weighted by Gasteiger charge is 2.27. The number of nitrogens with zero attached hydrogens (tertiary/aromatic N) is 1. The van der Waals surface area contributed by atoms with Gasteiger partial charge in [0.2, 0.25) is 0 Å². The van der Waals surface area contributed by atoms with Crippen molar-refractivity contribution in [3.63, 3.8) is 0 Å². The highest BCUT2D eigenvalue weighted by atomic mass is 32.1. The second-order valence-corrected chi connectivity index (χ2v) is 5.70. The molecule has 0 amide bonds. The van der Waals surface area contributed by atoms with Crippen LogP contribution in [-0.2, 0) is 17.6 Å². The zero-order valence-corrected chi connectivity index (χ0v) is 11.9. The van der Waals surface area contributed by atoms with Gasteiger partial charge < -0.3 is 10.5 Å². The average molecular weight is 296 g/mol. The van der Waals surface area contributed by atoms with Gasteiger partial charge in [0.1, 0.15) is 6.61 Å².